The zero-order valence-corrected chi connectivity index (χ0v) is 12.8. The van der Waals surface area contributed by atoms with Gasteiger partial charge in [0, 0.05) is 0 Å². The van der Waals surface area contributed by atoms with Crippen LogP contribution in [0.5, 0.6) is 0 Å². The molecule has 17 heavy (non-hydrogen) atoms. The Bertz CT molecular complexity index is 265. The molecule has 0 spiro atoms. The maximum atomic E-state index is 4.39. The highest BCUT2D eigenvalue weighted by atomic mass is 32.1. The Kier molecular flexibility index (Phi) is 10.4. The van der Waals surface area contributed by atoms with Crippen molar-refractivity contribution in [3.63, 3.8) is 0 Å². The molecule has 0 bridgehead atoms. The van der Waals surface area contributed by atoms with E-state index >= 15 is 0 Å². The molecule has 0 N–H and O–H groups in total. The third kappa shape index (κ3) is 7.49. The first-order chi connectivity index (χ1) is 8.19. The maximum Gasteiger partial charge on any atom is -0.000268 e. The molecule has 0 saturated heterocycles. The minimum atomic E-state index is 0.721. The van der Waals surface area contributed by atoms with Crippen molar-refractivity contribution in [2.45, 2.75) is 59.8 Å². The smallest absolute Gasteiger partial charge is 0.000268 e. The van der Waals surface area contributed by atoms with E-state index in [9.17, 15) is 0 Å². The van der Waals surface area contributed by atoms with Gasteiger partial charge in [-0.3, -0.25) is 0 Å². The van der Waals surface area contributed by atoms with E-state index in [0.717, 1.165) is 17.2 Å². The lowest BCUT2D eigenvalue weighted by molar-refractivity contribution is 0.511. The Morgan fingerprint density at radius 3 is 2.06 bits per heavy atom. The predicted octanol–water partition coefficient (Wildman–Crippen LogP) is 5.93. The Labute approximate surface area is 113 Å². The standard InChI is InChI=1S/C16H28S/c1-5-9-14(10-6-2)15(11-7-3)12-13-16(17)8-4/h8,11-14,17H,5-7,9-10H2,1-4H3/b13-12-,15-11-,16-8+. The van der Waals surface area contributed by atoms with Gasteiger partial charge in [-0.25, -0.2) is 0 Å². The number of rotatable bonds is 8. The van der Waals surface area contributed by atoms with Crippen molar-refractivity contribution in [3.8, 4) is 0 Å². The first-order valence-electron chi connectivity index (χ1n) is 6.92. The lowest BCUT2D eigenvalue weighted by atomic mass is 9.89. The van der Waals surface area contributed by atoms with Crippen LogP contribution >= 0.6 is 12.6 Å². The largest absolute Gasteiger partial charge is 0.144 e. The molecule has 0 aromatic rings. The molecule has 0 unspecified atom stereocenters. The van der Waals surface area contributed by atoms with Crippen molar-refractivity contribution in [2.24, 2.45) is 5.92 Å². The third-order valence-corrected chi connectivity index (χ3v) is 3.34. The number of allylic oxidation sites excluding steroid dienone is 5. The van der Waals surface area contributed by atoms with Crippen LogP contribution in [0.25, 0.3) is 0 Å². The summed E-state index contributed by atoms with van der Waals surface area (Å²) in [7, 11) is 0. The Balaban J connectivity index is 4.79. The highest BCUT2D eigenvalue weighted by molar-refractivity contribution is 7.84. The van der Waals surface area contributed by atoms with Crippen LogP contribution in [0.4, 0.5) is 0 Å². The second kappa shape index (κ2) is 10.7. The number of hydrogen-bond donors (Lipinski definition) is 1. The van der Waals surface area contributed by atoms with Crippen LogP contribution in [0.1, 0.15) is 59.8 Å². The van der Waals surface area contributed by atoms with Gasteiger partial charge in [0.25, 0.3) is 0 Å². The summed E-state index contributed by atoms with van der Waals surface area (Å²) in [5, 5.41) is 0. The molecule has 0 saturated carbocycles. The zero-order valence-electron chi connectivity index (χ0n) is 11.9. The molecular formula is C16H28S. The molecule has 0 aromatic heterocycles. The Hall–Kier alpha value is -0.430. The van der Waals surface area contributed by atoms with Gasteiger partial charge in [-0.05, 0) is 48.7 Å². The molecule has 0 aromatic carbocycles. The van der Waals surface area contributed by atoms with Gasteiger partial charge in [0.1, 0.15) is 0 Å². The quantitative estimate of drug-likeness (QED) is 0.402. The molecule has 0 aliphatic heterocycles. The van der Waals surface area contributed by atoms with Crippen LogP contribution in [0, 0.1) is 5.92 Å². The number of hydrogen-bond acceptors (Lipinski definition) is 1. The van der Waals surface area contributed by atoms with Gasteiger partial charge in [-0.1, -0.05) is 51.8 Å². The summed E-state index contributed by atoms with van der Waals surface area (Å²) in [6.07, 6.45) is 15.0. The monoisotopic (exact) mass is 252 g/mol. The topological polar surface area (TPSA) is 0 Å². The molecule has 98 valence electrons. The van der Waals surface area contributed by atoms with Gasteiger partial charge in [0.2, 0.25) is 0 Å². The Morgan fingerprint density at radius 1 is 1.06 bits per heavy atom. The summed E-state index contributed by atoms with van der Waals surface area (Å²) in [6.45, 7) is 8.77. The fraction of sp³-hybridized carbons (Fsp3) is 0.625. The molecule has 0 radical (unpaired) electrons. The molecule has 0 amide bonds. The van der Waals surface area contributed by atoms with Crippen LogP contribution in [-0.2, 0) is 0 Å². The van der Waals surface area contributed by atoms with Gasteiger partial charge in [-0.2, -0.15) is 0 Å². The summed E-state index contributed by atoms with van der Waals surface area (Å²) in [6, 6.07) is 0. The minimum absolute atomic E-state index is 0.721. The van der Waals surface area contributed by atoms with Crippen LogP contribution < -0.4 is 0 Å². The summed E-state index contributed by atoms with van der Waals surface area (Å²) in [5.74, 6) is 0.721. The van der Waals surface area contributed by atoms with Gasteiger partial charge < -0.3 is 0 Å². The normalized spacial score (nSPS) is 14.0. The van der Waals surface area contributed by atoms with Gasteiger partial charge in [0.15, 0.2) is 0 Å². The zero-order chi connectivity index (χ0) is 13.1. The fourth-order valence-corrected chi connectivity index (χ4v) is 2.13. The number of thiol groups is 1. The lowest BCUT2D eigenvalue weighted by Crippen LogP contribution is -2.02. The van der Waals surface area contributed by atoms with E-state index in [1.54, 1.807) is 0 Å². The first-order valence-corrected chi connectivity index (χ1v) is 7.37. The summed E-state index contributed by atoms with van der Waals surface area (Å²) in [4.78, 5) is 1.04. The van der Waals surface area contributed by atoms with Crippen LogP contribution in [0.15, 0.2) is 34.8 Å². The van der Waals surface area contributed by atoms with E-state index in [2.05, 4.69) is 51.6 Å². The van der Waals surface area contributed by atoms with E-state index in [1.165, 1.54) is 31.3 Å². The van der Waals surface area contributed by atoms with E-state index in [0.29, 0.717) is 0 Å². The summed E-state index contributed by atoms with van der Waals surface area (Å²) in [5.41, 5.74) is 1.49. The molecule has 0 heterocycles. The predicted molar refractivity (Wildman–Crippen MR) is 83.6 cm³/mol. The van der Waals surface area contributed by atoms with Crippen molar-refractivity contribution >= 4 is 12.6 Å². The molecule has 0 nitrogen and oxygen atoms in total. The highest BCUT2D eigenvalue weighted by Crippen LogP contribution is 2.24. The highest BCUT2D eigenvalue weighted by Gasteiger charge is 2.09. The molecule has 0 rings (SSSR count). The molecule has 0 fully saturated rings. The van der Waals surface area contributed by atoms with Gasteiger partial charge in [-0.15, -0.1) is 12.6 Å². The molecule has 1 heteroatoms. The average molecular weight is 252 g/mol. The van der Waals surface area contributed by atoms with Crippen LogP contribution in [0.2, 0.25) is 0 Å². The van der Waals surface area contributed by atoms with Crippen LogP contribution in [0.3, 0.4) is 0 Å². The molecule has 0 atom stereocenters. The van der Waals surface area contributed by atoms with Crippen molar-refractivity contribution in [2.75, 3.05) is 0 Å². The lowest BCUT2D eigenvalue weighted by Gasteiger charge is -2.17. The molecule has 0 aliphatic carbocycles. The summed E-state index contributed by atoms with van der Waals surface area (Å²) < 4.78 is 0. The second-order valence-corrected chi connectivity index (χ2v) is 4.95. The van der Waals surface area contributed by atoms with Gasteiger partial charge in [0.05, 0.1) is 0 Å². The van der Waals surface area contributed by atoms with Crippen LogP contribution in [-0.4, -0.2) is 0 Å². The minimum Gasteiger partial charge on any atom is -0.144 e. The Morgan fingerprint density at radius 2 is 1.65 bits per heavy atom. The van der Waals surface area contributed by atoms with Gasteiger partial charge >= 0.3 is 0 Å². The van der Waals surface area contributed by atoms with E-state index in [-0.39, 0.29) is 0 Å². The van der Waals surface area contributed by atoms with Crippen molar-refractivity contribution in [1.29, 1.82) is 0 Å². The average Bonchev–Trinajstić information content (AvgIpc) is 2.33. The van der Waals surface area contributed by atoms with Crippen molar-refractivity contribution in [3.05, 3.63) is 34.8 Å². The van der Waals surface area contributed by atoms with E-state index in [1.807, 2.05) is 13.0 Å². The SMILES string of the molecule is C\C=C(S)/C=C\C(=C\CC)C(CCC)CCC. The maximum absolute atomic E-state index is 4.39. The third-order valence-electron chi connectivity index (χ3n) is 2.93. The van der Waals surface area contributed by atoms with Crippen molar-refractivity contribution < 1.29 is 0 Å². The van der Waals surface area contributed by atoms with E-state index in [4.69, 9.17) is 0 Å². The summed E-state index contributed by atoms with van der Waals surface area (Å²) >= 11 is 4.39. The molecular weight excluding hydrogens is 224 g/mol. The first kappa shape index (κ1) is 16.6. The van der Waals surface area contributed by atoms with Crippen molar-refractivity contribution in [1.82, 2.24) is 0 Å². The fourth-order valence-electron chi connectivity index (χ4n) is 2.06. The van der Waals surface area contributed by atoms with E-state index < -0.39 is 0 Å². The second-order valence-electron chi connectivity index (χ2n) is 4.43. The molecule has 0 aliphatic rings.